The molecule has 2 aromatic rings. The van der Waals surface area contributed by atoms with E-state index in [1.165, 1.54) is 10.9 Å². The third-order valence-corrected chi connectivity index (χ3v) is 2.37. The zero-order valence-electron chi connectivity index (χ0n) is 9.46. The Morgan fingerprint density at radius 2 is 2.12 bits per heavy atom. The van der Waals surface area contributed by atoms with E-state index in [9.17, 15) is 4.79 Å². The Morgan fingerprint density at radius 3 is 2.65 bits per heavy atom. The lowest BCUT2D eigenvalue weighted by Crippen LogP contribution is -2.10. The van der Waals surface area contributed by atoms with Crippen molar-refractivity contribution in [1.29, 1.82) is 0 Å². The molecule has 0 aliphatic carbocycles. The normalized spacial score (nSPS) is 10.2. The van der Waals surface area contributed by atoms with Gasteiger partial charge in [-0.25, -0.2) is 0 Å². The third kappa shape index (κ3) is 2.63. The minimum atomic E-state index is -0.0178. The van der Waals surface area contributed by atoms with Gasteiger partial charge in [-0.05, 0) is 24.3 Å². The minimum Gasteiger partial charge on any atom is -0.497 e. The molecule has 1 heterocycles. The lowest BCUT2D eigenvalue weighted by atomic mass is 10.1. The number of methoxy groups -OCH3 is 1. The summed E-state index contributed by atoms with van der Waals surface area (Å²) in [6, 6.07) is 6.97. The maximum atomic E-state index is 11.9. The van der Waals surface area contributed by atoms with Gasteiger partial charge in [0.25, 0.3) is 0 Å². The summed E-state index contributed by atoms with van der Waals surface area (Å²) in [5.41, 5.74) is 6.69. The van der Waals surface area contributed by atoms with Crippen LogP contribution in [0.25, 0.3) is 0 Å². The molecule has 5 nitrogen and oxygen atoms in total. The van der Waals surface area contributed by atoms with Gasteiger partial charge in [0, 0.05) is 11.8 Å². The molecule has 0 fully saturated rings. The topological polar surface area (TPSA) is 70.1 Å². The Bertz CT molecular complexity index is 517. The molecule has 0 aliphatic heterocycles. The number of Topliss-reactive ketones (excluding diaryl/α,β-unsaturated/α-hetero) is 1. The molecular weight excluding hydrogens is 218 g/mol. The first-order chi connectivity index (χ1) is 8.19. The summed E-state index contributed by atoms with van der Waals surface area (Å²) in [6.45, 7) is 0.184. The predicted octanol–water partition coefficient (Wildman–Crippen LogP) is 1.36. The molecule has 0 saturated heterocycles. The fraction of sp³-hybridized carbons (Fsp3) is 0.167. The number of hydrogen-bond donors (Lipinski definition) is 1. The first-order valence-corrected chi connectivity index (χ1v) is 5.14. The standard InChI is InChI=1S/C12H13N3O2/c1-17-11-4-2-9(3-5-11)12(16)8-15-7-10(13)6-14-15/h2-7H,8,13H2,1H3. The first kappa shape index (κ1) is 11.2. The lowest BCUT2D eigenvalue weighted by molar-refractivity contribution is 0.0967. The van der Waals surface area contributed by atoms with E-state index in [4.69, 9.17) is 10.5 Å². The summed E-state index contributed by atoms with van der Waals surface area (Å²) < 4.78 is 6.54. The number of benzene rings is 1. The van der Waals surface area contributed by atoms with Crippen molar-refractivity contribution in [3.05, 3.63) is 42.2 Å². The van der Waals surface area contributed by atoms with E-state index in [1.807, 2.05) is 0 Å². The van der Waals surface area contributed by atoms with Crippen LogP contribution in [0.2, 0.25) is 0 Å². The van der Waals surface area contributed by atoms with Gasteiger partial charge in [-0.1, -0.05) is 0 Å². The molecule has 17 heavy (non-hydrogen) atoms. The third-order valence-electron chi connectivity index (χ3n) is 2.37. The number of ketones is 1. The number of hydrogen-bond acceptors (Lipinski definition) is 4. The molecular formula is C12H13N3O2. The highest BCUT2D eigenvalue weighted by molar-refractivity contribution is 5.95. The van der Waals surface area contributed by atoms with Crippen molar-refractivity contribution in [2.75, 3.05) is 12.8 Å². The zero-order valence-corrected chi connectivity index (χ0v) is 9.46. The van der Waals surface area contributed by atoms with Gasteiger partial charge in [0.05, 0.1) is 19.0 Å². The van der Waals surface area contributed by atoms with Gasteiger partial charge >= 0.3 is 0 Å². The number of nitrogen functional groups attached to an aromatic ring is 1. The van der Waals surface area contributed by atoms with Gasteiger partial charge in [0.15, 0.2) is 5.78 Å². The van der Waals surface area contributed by atoms with E-state index in [0.29, 0.717) is 11.3 Å². The Labute approximate surface area is 98.8 Å². The lowest BCUT2D eigenvalue weighted by Gasteiger charge is -2.03. The number of carbonyl (C=O) groups is 1. The molecule has 0 atom stereocenters. The van der Waals surface area contributed by atoms with Gasteiger partial charge < -0.3 is 10.5 Å². The molecule has 1 aromatic heterocycles. The number of nitrogens with zero attached hydrogens (tertiary/aromatic N) is 2. The molecule has 5 heteroatoms. The van der Waals surface area contributed by atoms with Crippen LogP contribution in [0.15, 0.2) is 36.7 Å². The van der Waals surface area contributed by atoms with Crippen LogP contribution in [0.4, 0.5) is 5.69 Å². The summed E-state index contributed by atoms with van der Waals surface area (Å²) in [5.74, 6) is 0.709. The Balaban J connectivity index is 2.09. The Kier molecular flexibility index (Phi) is 3.09. The summed E-state index contributed by atoms with van der Waals surface area (Å²) in [4.78, 5) is 11.9. The Morgan fingerprint density at radius 1 is 1.41 bits per heavy atom. The van der Waals surface area contributed by atoms with Crippen LogP contribution in [-0.4, -0.2) is 22.7 Å². The molecule has 0 unspecified atom stereocenters. The number of nitrogens with two attached hydrogens (primary N) is 1. The molecule has 2 rings (SSSR count). The Hall–Kier alpha value is -2.30. The fourth-order valence-corrected chi connectivity index (χ4v) is 1.48. The average Bonchev–Trinajstić information content (AvgIpc) is 2.75. The van der Waals surface area contributed by atoms with E-state index in [1.54, 1.807) is 37.6 Å². The quantitative estimate of drug-likeness (QED) is 0.806. The zero-order chi connectivity index (χ0) is 12.3. The number of rotatable bonds is 4. The molecule has 2 N–H and O–H groups in total. The van der Waals surface area contributed by atoms with Crippen LogP contribution in [0.5, 0.6) is 5.75 Å². The fourth-order valence-electron chi connectivity index (χ4n) is 1.48. The number of ether oxygens (including phenoxy) is 1. The maximum Gasteiger partial charge on any atom is 0.184 e. The van der Waals surface area contributed by atoms with Crippen molar-refractivity contribution >= 4 is 11.5 Å². The van der Waals surface area contributed by atoms with E-state index in [0.717, 1.165) is 5.75 Å². The smallest absolute Gasteiger partial charge is 0.184 e. The van der Waals surface area contributed by atoms with Crippen molar-refractivity contribution < 1.29 is 9.53 Å². The van der Waals surface area contributed by atoms with Crippen LogP contribution in [0.1, 0.15) is 10.4 Å². The number of anilines is 1. The van der Waals surface area contributed by atoms with Crippen molar-refractivity contribution in [2.24, 2.45) is 0 Å². The van der Waals surface area contributed by atoms with Gasteiger partial charge in [0.1, 0.15) is 12.3 Å². The van der Waals surface area contributed by atoms with E-state index in [-0.39, 0.29) is 12.3 Å². The van der Waals surface area contributed by atoms with Crippen molar-refractivity contribution in [2.45, 2.75) is 6.54 Å². The van der Waals surface area contributed by atoms with Gasteiger partial charge in [0.2, 0.25) is 0 Å². The van der Waals surface area contributed by atoms with Gasteiger partial charge in [-0.15, -0.1) is 0 Å². The molecule has 88 valence electrons. The van der Waals surface area contributed by atoms with E-state index >= 15 is 0 Å². The summed E-state index contributed by atoms with van der Waals surface area (Å²) in [6.07, 6.45) is 3.14. The van der Waals surface area contributed by atoms with Crippen LogP contribution in [-0.2, 0) is 6.54 Å². The van der Waals surface area contributed by atoms with Crippen molar-refractivity contribution in [1.82, 2.24) is 9.78 Å². The van der Waals surface area contributed by atoms with Crippen molar-refractivity contribution in [3.63, 3.8) is 0 Å². The monoisotopic (exact) mass is 231 g/mol. The molecule has 0 bridgehead atoms. The number of carbonyl (C=O) groups excluding carboxylic acids is 1. The van der Waals surface area contributed by atoms with Crippen LogP contribution in [0.3, 0.4) is 0 Å². The van der Waals surface area contributed by atoms with Crippen LogP contribution in [0, 0.1) is 0 Å². The number of aromatic nitrogens is 2. The summed E-state index contributed by atoms with van der Waals surface area (Å²) in [7, 11) is 1.59. The molecule has 0 radical (unpaired) electrons. The molecule has 1 aromatic carbocycles. The second-order valence-corrected chi connectivity index (χ2v) is 3.62. The average molecular weight is 231 g/mol. The predicted molar refractivity (Wildman–Crippen MR) is 64.0 cm³/mol. The molecule has 0 amide bonds. The highest BCUT2D eigenvalue weighted by Crippen LogP contribution is 2.12. The summed E-state index contributed by atoms with van der Waals surface area (Å²) in [5, 5.41) is 3.96. The molecule has 0 spiro atoms. The van der Waals surface area contributed by atoms with Crippen LogP contribution < -0.4 is 10.5 Å². The highest BCUT2D eigenvalue weighted by atomic mass is 16.5. The van der Waals surface area contributed by atoms with Crippen LogP contribution >= 0.6 is 0 Å². The molecule has 0 saturated carbocycles. The van der Waals surface area contributed by atoms with Gasteiger partial charge in [-0.2, -0.15) is 5.10 Å². The van der Waals surface area contributed by atoms with E-state index < -0.39 is 0 Å². The summed E-state index contributed by atoms with van der Waals surface area (Å²) >= 11 is 0. The molecule has 0 aliphatic rings. The SMILES string of the molecule is COc1ccc(C(=O)Cn2cc(N)cn2)cc1. The first-order valence-electron chi connectivity index (χ1n) is 5.14. The van der Waals surface area contributed by atoms with Gasteiger partial charge in [-0.3, -0.25) is 9.48 Å². The maximum absolute atomic E-state index is 11.9. The largest absolute Gasteiger partial charge is 0.497 e. The van der Waals surface area contributed by atoms with Crippen molar-refractivity contribution in [3.8, 4) is 5.75 Å². The second-order valence-electron chi connectivity index (χ2n) is 3.62. The van der Waals surface area contributed by atoms with E-state index in [2.05, 4.69) is 5.10 Å². The minimum absolute atomic E-state index is 0.0178. The second kappa shape index (κ2) is 4.69. The highest BCUT2D eigenvalue weighted by Gasteiger charge is 2.07.